The van der Waals surface area contributed by atoms with Crippen molar-refractivity contribution in [2.75, 3.05) is 26.2 Å². The Hall–Kier alpha value is -2.51. The normalized spacial score (nSPS) is 19.1. The van der Waals surface area contributed by atoms with E-state index in [2.05, 4.69) is 22.0 Å². The molecular weight excluding hydrogens is 372 g/mol. The SMILES string of the molecule is O=C(N1CCN(Cc2cc(=O)n3ccsc3n2)CC1)C1(c2ccccc2)CC1. The standard InChI is InChI=1S/C21H22N4O2S/c26-18-14-17(22-20-25(18)12-13-28-20)15-23-8-10-24(11-9-23)19(27)21(6-7-21)16-4-2-1-3-5-16/h1-5,12-14H,6-11,15H2. The molecule has 0 atom stereocenters. The van der Waals surface area contributed by atoms with Gasteiger partial charge in [-0.05, 0) is 18.4 Å². The van der Waals surface area contributed by atoms with Crippen LogP contribution in [-0.2, 0) is 16.8 Å². The second kappa shape index (κ2) is 6.83. The molecular formula is C21H22N4O2S. The predicted molar refractivity (Wildman–Crippen MR) is 109 cm³/mol. The fourth-order valence-electron chi connectivity index (χ4n) is 4.12. The van der Waals surface area contributed by atoms with E-state index in [1.165, 1.54) is 11.3 Å². The Labute approximate surface area is 167 Å². The van der Waals surface area contributed by atoms with Crippen LogP contribution >= 0.6 is 11.3 Å². The number of thiazole rings is 1. The van der Waals surface area contributed by atoms with Crippen molar-refractivity contribution in [3.63, 3.8) is 0 Å². The molecule has 6 nitrogen and oxygen atoms in total. The highest BCUT2D eigenvalue weighted by Gasteiger charge is 2.53. The molecule has 144 valence electrons. The van der Waals surface area contributed by atoms with E-state index in [0.29, 0.717) is 6.54 Å². The van der Waals surface area contributed by atoms with Crippen LogP contribution in [0, 0.1) is 0 Å². The van der Waals surface area contributed by atoms with Crippen LogP contribution in [0.25, 0.3) is 4.96 Å². The van der Waals surface area contributed by atoms with E-state index in [0.717, 1.165) is 55.2 Å². The number of carbonyl (C=O) groups excluding carboxylic acids is 1. The molecule has 7 heteroatoms. The molecule has 1 saturated carbocycles. The van der Waals surface area contributed by atoms with Crippen molar-refractivity contribution >= 4 is 22.2 Å². The molecule has 0 unspecified atom stereocenters. The third-order valence-electron chi connectivity index (χ3n) is 5.89. The molecule has 1 amide bonds. The molecule has 5 rings (SSSR count). The number of carbonyl (C=O) groups is 1. The van der Waals surface area contributed by atoms with E-state index >= 15 is 0 Å². The first-order chi connectivity index (χ1) is 13.7. The number of rotatable bonds is 4. The minimum absolute atomic E-state index is 0.0337. The summed E-state index contributed by atoms with van der Waals surface area (Å²) in [4.78, 5) is 34.9. The zero-order valence-corrected chi connectivity index (χ0v) is 16.4. The molecule has 0 radical (unpaired) electrons. The highest BCUT2D eigenvalue weighted by molar-refractivity contribution is 7.15. The first-order valence-corrected chi connectivity index (χ1v) is 10.6. The van der Waals surface area contributed by atoms with Gasteiger partial charge in [-0.1, -0.05) is 30.3 Å². The van der Waals surface area contributed by atoms with E-state index in [-0.39, 0.29) is 16.9 Å². The van der Waals surface area contributed by atoms with Gasteiger partial charge in [-0.15, -0.1) is 11.3 Å². The van der Waals surface area contributed by atoms with Crippen LogP contribution in [-0.4, -0.2) is 51.3 Å². The van der Waals surface area contributed by atoms with Gasteiger partial charge in [-0.2, -0.15) is 0 Å². The summed E-state index contributed by atoms with van der Waals surface area (Å²) in [5, 5.41) is 1.87. The van der Waals surface area contributed by atoms with Crippen molar-refractivity contribution in [2.45, 2.75) is 24.8 Å². The van der Waals surface area contributed by atoms with Gasteiger partial charge in [0, 0.05) is 50.4 Å². The summed E-state index contributed by atoms with van der Waals surface area (Å²) in [7, 11) is 0. The van der Waals surface area contributed by atoms with Crippen molar-refractivity contribution in [1.29, 1.82) is 0 Å². The monoisotopic (exact) mass is 394 g/mol. The van der Waals surface area contributed by atoms with E-state index in [9.17, 15) is 9.59 Å². The minimum atomic E-state index is -0.288. The fraction of sp³-hybridized carbons (Fsp3) is 0.381. The average molecular weight is 395 g/mol. The number of hydrogen-bond acceptors (Lipinski definition) is 5. The van der Waals surface area contributed by atoms with Gasteiger partial charge in [-0.25, -0.2) is 4.98 Å². The molecule has 1 aliphatic carbocycles. The number of benzene rings is 1. The zero-order valence-electron chi connectivity index (χ0n) is 15.6. The Morgan fingerprint density at radius 3 is 2.57 bits per heavy atom. The van der Waals surface area contributed by atoms with Crippen LogP contribution in [0.2, 0.25) is 0 Å². The predicted octanol–water partition coefficient (Wildman–Crippen LogP) is 2.13. The van der Waals surface area contributed by atoms with Gasteiger partial charge in [0.1, 0.15) is 0 Å². The highest BCUT2D eigenvalue weighted by Crippen LogP contribution is 2.49. The third-order valence-corrected chi connectivity index (χ3v) is 6.64. The van der Waals surface area contributed by atoms with Crippen molar-refractivity contribution in [1.82, 2.24) is 19.2 Å². The molecule has 0 N–H and O–H groups in total. The van der Waals surface area contributed by atoms with Crippen molar-refractivity contribution in [2.24, 2.45) is 0 Å². The van der Waals surface area contributed by atoms with Crippen LogP contribution < -0.4 is 5.56 Å². The number of piperazine rings is 1. The van der Waals surface area contributed by atoms with Crippen LogP contribution in [0.4, 0.5) is 0 Å². The molecule has 3 aromatic rings. The zero-order chi connectivity index (χ0) is 19.1. The quantitative estimate of drug-likeness (QED) is 0.680. The lowest BCUT2D eigenvalue weighted by molar-refractivity contribution is -0.135. The number of hydrogen-bond donors (Lipinski definition) is 0. The summed E-state index contributed by atoms with van der Waals surface area (Å²) in [5.41, 5.74) is 1.63. The van der Waals surface area contributed by atoms with Gasteiger partial charge in [0.05, 0.1) is 11.1 Å². The van der Waals surface area contributed by atoms with Gasteiger partial charge >= 0.3 is 0 Å². The lowest BCUT2D eigenvalue weighted by Crippen LogP contribution is -2.51. The lowest BCUT2D eigenvalue weighted by Gasteiger charge is -2.36. The maximum atomic E-state index is 13.2. The Morgan fingerprint density at radius 1 is 1.11 bits per heavy atom. The summed E-state index contributed by atoms with van der Waals surface area (Å²) >= 11 is 1.47. The molecule has 3 heterocycles. The van der Waals surface area contributed by atoms with Gasteiger partial charge in [0.25, 0.3) is 5.56 Å². The molecule has 0 spiro atoms. The van der Waals surface area contributed by atoms with Gasteiger partial charge in [0.15, 0.2) is 4.96 Å². The van der Waals surface area contributed by atoms with Crippen LogP contribution in [0.15, 0.2) is 52.8 Å². The number of fused-ring (bicyclic) bond motifs is 1. The Morgan fingerprint density at radius 2 is 1.86 bits per heavy atom. The summed E-state index contributed by atoms with van der Waals surface area (Å²) < 4.78 is 1.57. The second-order valence-corrected chi connectivity index (χ2v) is 8.53. The Kier molecular flexibility index (Phi) is 4.29. The molecule has 1 aromatic carbocycles. The topological polar surface area (TPSA) is 57.9 Å². The molecule has 1 aliphatic heterocycles. The smallest absolute Gasteiger partial charge is 0.258 e. The Balaban J connectivity index is 1.24. The van der Waals surface area contributed by atoms with E-state index < -0.39 is 0 Å². The lowest BCUT2D eigenvalue weighted by atomic mass is 9.94. The highest BCUT2D eigenvalue weighted by atomic mass is 32.1. The van der Waals surface area contributed by atoms with Crippen molar-refractivity contribution in [3.05, 3.63) is 69.6 Å². The van der Waals surface area contributed by atoms with E-state index in [4.69, 9.17) is 0 Å². The van der Waals surface area contributed by atoms with Crippen LogP contribution in [0.3, 0.4) is 0 Å². The molecule has 2 aromatic heterocycles. The van der Waals surface area contributed by atoms with Crippen LogP contribution in [0.1, 0.15) is 24.1 Å². The number of nitrogens with zero attached hydrogens (tertiary/aromatic N) is 4. The van der Waals surface area contributed by atoms with Crippen molar-refractivity contribution < 1.29 is 4.79 Å². The Bertz CT molecular complexity index is 1060. The maximum absolute atomic E-state index is 13.2. The molecule has 2 aliphatic rings. The molecule has 1 saturated heterocycles. The molecule has 28 heavy (non-hydrogen) atoms. The first-order valence-electron chi connectivity index (χ1n) is 9.69. The summed E-state index contributed by atoms with van der Waals surface area (Å²) in [6.45, 7) is 3.72. The first kappa shape index (κ1) is 17.6. The molecule has 2 fully saturated rings. The fourth-order valence-corrected chi connectivity index (χ4v) is 4.86. The number of aromatic nitrogens is 2. The van der Waals surface area contributed by atoms with Gasteiger partial charge in [-0.3, -0.25) is 18.9 Å². The summed E-state index contributed by atoms with van der Waals surface area (Å²) in [5.74, 6) is 0.273. The largest absolute Gasteiger partial charge is 0.339 e. The molecule has 0 bridgehead atoms. The summed E-state index contributed by atoms with van der Waals surface area (Å²) in [6, 6.07) is 11.8. The second-order valence-electron chi connectivity index (χ2n) is 7.66. The maximum Gasteiger partial charge on any atom is 0.258 e. The van der Waals surface area contributed by atoms with Crippen molar-refractivity contribution in [3.8, 4) is 0 Å². The van der Waals surface area contributed by atoms with Gasteiger partial charge < -0.3 is 4.90 Å². The average Bonchev–Trinajstić information content (AvgIpc) is 3.40. The summed E-state index contributed by atoms with van der Waals surface area (Å²) in [6.07, 6.45) is 3.65. The van der Waals surface area contributed by atoms with Gasteiger partial charge in [0.2, 0.25) is 5.91 Å². The third kappa shape index (κ3) is 3.04. The number of amides is 1. The van der Waals surface area contributed by atoms with Crippen LogP contribution in [0.5, 0.6) is 0 Å². The minimum Gasteiger partial charge on any atom is -0.339 e. The van der Waals surface area contributed by atoms with E-state index in [1.807, 2.05) is 28.5 Å². The van der Waals surface area contributed by atoms with E-state index in [1.54, 1.807) is 16.7 Å².